The van der Waals surface area contributed by atoms with Crippen LogP contribution in [0.4, 0.5) is 18.9 Å². The van der Waals surface area contributed by atoms with Crippen molar-refractivity contribution in [2.75, 3.05) is 5.73 Å². The number of nitrogen functional groups attached to an aromatic ring is 1. The van der Waals surface area contributed by atoms with Crippen LogP contribution in [0.3, 0.4) is 0 Å². The van der Waals surface area contributed by atoms with Crippen molar-refractivity contribution in [2.45, 2.75) is 19.5 Å². The van der Waals surface area contributed by atoms with Crippen molar-refractivity contribution in [3.05, 3.63) is 53.6 Å². The topological polar surface area (TPSA) is 35.2 Å². The Labute approximate surface area is 115 Å². The smallest absolute Gasteiger partial charge is 0.418 e. The van der Waals surface area contributed by atoms with Gasteiger partial charge in [0.25, 0.3) is 0 Å². The molecule has 2 aromatic rings. The molecule has 0 aromatic heterocycles. The summed E-state index contributed by atoms with van der Waals surface area (Å²) in [6, 6.07) is 10.7. The van der Waals surface area contributed by atoms with Crippen LogP contribution in [0.1, 0.15) is 18.1 Å². The van der Waals surface area contributed by atoms with E-state index in [0.717, 1.165) is 18.1 Å². The Kier molecular flexibility index (Phi) is 3.88. The molecular formula is C15H14F3NO. The van der Waals surface area contributed by atoms with Gasteiger partial charge in [0, 0.05) is 5.69 Å². The molecule has 106 valence electrons. The molecule has 20 heavy (non-hydrogen) atoms. The summed E-state index contributed by atoms with van der Waals surface area (Å²) in [6.45, 7) is 2.02. The zero-order valence-corrected chi connectivity index (χ0v) is 10.9. The van der Waals surface area contributed by atoms with Crippen LogP contribution < -0.4 is 10.5 Å². The number of ether oxygens (including phenoxy) is 1. The highest BCUT2D eigenvalue weighted by atomic mass is 19.4. The lowest BCUT2D eigenvalue weighted by molar-refractivity contribution is -0.137. The maximum atomic E-state index is 12.7. The molecule has 0 radical (unpaired) electrons. The van der Waals surface area contributed by atoms with E-state index in [2.05, 4.69) is 0 Å². The number of hydrogen-bond donors (Lipinski definition) is 1. The summed E-state index contributed by atoms with van der Waals surface area (Å²) < 4.78 is 43.6. The van der Waals surface area contributed by atoms with Gasteiger partial charge in [-0.25, -0.2) is 0 Å². The zero-order chi connectivity index (χ0) is 14.8. The van der Waals surface area contributed by atoms with Crippen LogP contribution in [0.15, 0.2) is 42.5 Å². The molecule has 0 fully saturated rings. The quantitative estimate of drug-likeness (QED) is 0.832. The van der Waals surface area contributed by atoms with Crippen LogP contribution in [0.25, 0.3) is 0 Å². The number of hydrogen-bond acceptors (Lipinski definition) is 2. The van der Waals surface area contributed by atoms with Gasteiger partial charge in [0.15, 0.2) is 0 Å². The van der Waals surface area contributed by atoms with Gasteiger partial charge in [-0.3, -0.25) is 0 Å². The molecule has 0 amide bonds. The summed E-state index contributed by atoms with van der Waals surface area (Å²) in [5.41, 5.74) is 5.26. The van der Waals surface area contributed by atoms with Gasteiger partial charge in [0.1, 0.15) is 11.5 Å². The molecule has 0 bridgehead atoms. The molecule has 2 nitrogen and oxygen atoms in total. The molecule has 0 saturated heterocycles. The zero-order valence-electron chi connectivity index (χ0n) is 10.9. The van der Waals surface area contributed by atoms with Crippen molar-refractivity contribution >= 4 is 5.69 Å². The first-order valence-corrected chi connectivity index (χ1v) is 6.13. The van der Waals surface area contributed by atoms with Gasteiger partial charge >= 0.3 is 6.18 Å². The van der Waals surface area contributed by atoms with Gasteiger partial charge in [-0.2, -0.15) is 13.2 Å². The summed E-state index contributed by atoms with van der Waals surface area (Å²) in [7, 11) is 0. The average Bonchev–Trinajstić information content (AvgIpc) is 2.40. The van der Waals surface area contributed by atoms with Crippen molar-refractivity contribution in [3.63, 3.8) is 0 Å². The van der Waals surface area contributed by atoms with E-state index in [4.69, 9.17) is 10.5 Å². The molecule has 5 heteroatoms. The minimum absolute atomic E-state index is 0.107. The average molecular weight is 281 g/mol. The Bertz CT molecular complexity index is 591. The van der Waals surface area contributed by atoms with Crippen LogP contribution >= 0.6 is 0 Å². The Hall–Kier alpha value is -2.17. The summed E-state index contributed by atoms with van der Waals surface area (Å²) in [5, 5.41) is 0. The number of alkyl halides is 3. The molecule has 2 rings (SSSR count). The molecule has 0 saturated carbocycles. The summed E-state index contributed by atoms with van der Waals surface area (Å²) in [4.78, 5) is 0. The van der Waals surface area contributed by atoms with Gasteiger partial charge in [-0.1, -0.05) is 19.1 Å². The van der Waals surface area contributed by atoms with Gasteiger partial charge in [0.2, 0.25) is 0 Å². The number of benzene rings is 2. The lowest BCUT2D eigenvalue weighted by Crippen LogP contribution is -2.08. The van der Waals surface area contributed by atoms with Crippen LogP contribution in [0.2, 0.25) is 0 Å². The molecule has 2 aromatic carbocycles. The molecule has 0 aliphatic rings. The van der Waals surface area contributed by atoms with Gasteiger partial charge in [-0.15, -0.1) is 0 Å². The Morgan fingerprint density at radius 2 is 1.60 bits per heavy atom. The van der Waals surface area contributed by atoms with Gasteiger partial charge in [-0.05, 0) is 42.3 Å². The first-order valence-electron chi connectivity index (χ1n) is 6.13. The lowest BCUT2D eigenvalue weighted by Gasteiger charge is -2.12. The molecule has 0 atom stereocenters. The van der Waals surface area contributed by atoms with Gasteiger partial charge < -0.3 is 10.5 Å². The molecule has 0 unspecified atom stereocenters. The molecule has 0 aliphatic heterocycles. The number of anilines is 1. The molecule has 0 aliphatic carbocycles. The number of rotatable bonds is 3. The third-order valence-electron chi connectivity index (χ3n) is 2.90. The predicted octanol–water partition coefficient (Wildman–Crippen LogP) is 4.64. The second-order valence-electron chi connectivity index (χ2n) is 4.35. The standard InChI is InChI=1S/C15H14F3NO/c1-2-10-3-5-11(6-4-10)20-12-7-8-14(19)13(9-12)15(16,17)18/h3-9H,2,19H2,1H3. The summed E-state index contributed by atoms with van der Waals surface area (Å²) >= 11 is 0. The fraction of sp³-hybridized carbons (Fsp3) is 0.200. The van der Waals surface area contributed by atoms with E-state index in [1.54, 1.807) is 12.1 Å². The van der Waals surface area contributed by atoms with Crippen LogP contribution in [0, 0.1) is 0 Å². The Morgan fingerprint density at radius 1 is 1.00 bits per heavy atom. The second kappa shape index (κ2) is 5.45. The predicted molar refractivity (Wildman–Crippen MR) is 71.8 cm³/mol. The molecule has 0 spiro atoms. The highest BCUT2D eigenvalue weighted by Gasteiger charge is 2.33. The van der Waals surface area contributed by atoms with E-state index < -0.39 is 11.7 Å². The van der Waals surface area contributed by atoms with E-state index >= 15 is 0 Å². The Balaban J connectivity index is 2.25. The minimum atomic E-state index is -4.49. The largest absolute Gasteiger partial charge is 0.457 e. The van der Waals surface area contributed by atoms with E-state index in [1.807, 2.05) is 19.1 Å². The first-order chi connectivity index (χ1) is 9.40. The van der Waals surface area contributed by atoms with Crippen molar-refractivity contribution in [1.29, 1.82) is 0 Å². The van der Waals surface area contributed by atoms with E-state index in [9.17, 15) is 13.2 Å². The minimum Gasteiger partial charge on any atom is -0.457 e. The van der Waals surface area contributed by atoms with E-state index in [-0.39, 0.29) is 11.4 Å². The fourth-order valence-electron chi connectivity index (χ4n) is 1.77. The number of halogens is 3. The first kappa shape index (κ1) is 14.2. The fourth-order valence-corrected chi connectivity index (χ4v) is 1.77. The maximum Gasteiger partial charge on any atom is 0.418 e. The second-order valence-corrected chi connectivity index (χ2v) is 4.35. The molecule has 0 heterocycles. The normalized spacial score (nSPS) is 11.4. The van der Waals surface area contributed by atoms with E-state index in [1.165, 1.54) is 12.1 Å². The van der Waals surface area contributed by atoms with Crippen molar-refractivity contribution in [2.24, 2.45) is 0 Å². The van der Waals surface area contributed by atoms with Gasteiger partial charge in [0.05, 0.1) is 5.56 Å². The monoisotopic (exact) mass is 281 g/mol. The highest BCUT2D eigenvalue weighted by molar-refractivity contribution is 5.52. The number of aryl methyl sites for hydroxylation is 1. The van der Waals surface area contributed by atoms with Crippen molar-refractivity contribution in [1.82, 2.24) is 0 Å². The number of nitrogens with two attached hydrogens (primary N) is 1. The SMILES string of the molecule is CCc1ccc(Oc2ccc(N)c(C(F)(F)F)c2)cc1. The molecule has 2 N–H and O–H groups in total. The van der Waals surface area contributed by atoms with Crippen LogP contribution in [-0.4, -0.2) is 0 Å². The Morgan fingerprint density at radius 3 is 2.15 bits per heavy atom. The summed E-state index contributed by atoms with van der Waals surface area (Å²) in [5.74, 6) is 0.593. The third kappa shape index (κ3) is 3.23. The molecular weight excluding hydrogens is 267 g/mol. The van der Waals surface area contributed by atoms with Crippen LogP contribution in [0.5, 0.6) is 11.5 Å². The third-order valence-corrected chi connectivity index (χ3v) is 2.90. The lowest BCUT2D eigenvalue weighted by atomic mass is 10.1. The highest BCUT2D eigenvalue weighted by Crippen LogP contribution is 2.36. The van der Waals surface area contributed by atoms with Crippen LogP contribution in [-0.2, 0) is 12.6 Å². The van der Waals surface area contributed by atoms with Crippen molar-refractivity contribution < 1.29 is 17.9 Å². The maximum absolute atomic E-state index is 12.7. The van der Waals surface area contributed by atoms with Crippen molar-refractivity contribution in [3.8, 4) is 11.5 Å². The summed E-state index contributed by atoms with van der Waals surface area (Å²) in [6.07, 6.45) is -3.60. The van der Waals surface area contributed by atoms with E-state index in [0.29, 0.717) is 5.75 Å².